The quantitative estimate of drug-likeness (QED) is 0.580. The Labute approximate surface area is 161 Å². The first-order valence-electron chi connectivity index (χ1n) is 9.23. The number of aryl methyl sites for hydroxylation is 1. The first-order valence-corrected chi connectivity index (χ1v) is 9.23. The van der Waals surface area contributed by atoms with Crippen LogP contribution in [0.1, 0.15) is 37.0 Å². The number of guanidine groups is 1. The van der Waals surface area contributed by atoms with Gasteiger partial charge >= 0.3 is 6.36 Å². The maximum Gasteiger partial charge on any atom is 0.573 e. The van der Waals surface area contributed by atoms with Gasteiger partial charge in [-0.3, -0.25) is 0 Å². The molecule has 2 heterocycles. The Balaban J connectivity index is 1.67. The molecule has 0 saturated heterocycles. The number of hydrogen-bond donors (Lipinski definition) is 2. The summed E-state index contributed by atoms with van der Waals surface area (Å²) in [7, 11) is 0. The summed E-state index contributed by atoms with van der Waals surface area (Å²) in [5.74, 6) is 2.04. The van der Waals surface area contributed by atoms with Gasteiger partial charge in [0.1, 0.15) is 11.6 Å². The smallest absolute Gasteiger partial charge is 0.405 e. The lowest BCUT2D eigenvalue weighted by Crippen LogP contribution is -2.37. The second-order valence-electron chi connectivity index (χ2n) is 6.35. The van der Waals surface area contributed by atoms with Crippen molar-refractivity contribution in [2.24, 2.45) is 4.99 Å². The van der Waals surface area contributed by atoms with E-state index in [9.17, 15) is 13.2 Å². The van der Waals surface area contributed by atoms with Crippen LogP contribution < -0.4 is 15.4 Å². The van der Waals surface area contributed by atoms with Gasteiger partial charge < -0.3 is 19.9 Å². The maximum absolute atomic E-state index is 12.6. The Bertz CT molecular complexity index is 818. The van der Waals surface area contributed by atoms with E-state index in [1.807, 2.05) is 6.92 Å². The van der Waals surface area contributed by atoms with Crippen LogP contribution in [0.5, 0.6) is 5.75 Å². The van der Waals surface area contributed by atoms with Gasteiger partial charge in [0.2, 0.25) is 0 Å². The van der Waals surface area contributed by atoms with Crippen molar-refractivity contribution < 1.29 is 17.9 Å². The summed E-state index contributed by atoms with van der Waals surface area (Å²) in [5, 5.41) is 14.7. The molecule has 3 rings (SSSR count). The van der Waals surface area contributed by atoms with Crippen molar-refractivity contribution in [3.8, 4) is 5.75 Å². The summed E-state index contributed by atoms with van der Waals surface area (Å²) < 4.78 is 43.9. The standard InChI is InChI=1S/C18H23F3N6O/c1-2-22-17(24-12-16-26-25-15-9-5-6-10-27(15)16)23-11-13-7-3-4-8-14(13)28-18(19,20)21/h3-4,7-8H,2,5-6,9-12H2,1H3,(H2,22,23,24). The number of halogens is 3. The molecule has 10 heteroatoms. The molecule has 2 N–H and O–H groups in total. The van der Waals surface area contributed by atoms with Crippen molar-refractivity contribution in [1.82, 2.24) is 25.4 Å². The van der Waals surface area contributed by atoms with Gasteiger partial charge in [0.15, 0.2) is 11.8 Å². The minimum absolute atomic E-state index is 0.0412. The second-order valence-corrected chi connectivity index (χ2v) is 6.35. The summed E-state index contributed by atoms with van der Waals surface area (Å²) in [6.07, 6.45) is -1.59. The fourth-order valence-corrected chi connectivity index (χ4v) is 3.03. The number of aliphatic imine (C=N–C) groups is 1. The molecule has 0 unspecified atom stereocenters. The molecule has 0 atom stereocenters. The van der Waals surface area contributed by atoms with E-state index in [2.05, 4.69) is 35.1 Å². The van der Waals surface area contributed by atoms with E-state index in [1.165, 1.54) is 12.1 Å². The first-order chi connectivity index (χ1) is 13.5. The molecular formula is C18H23F3N6O. The van der Waals surface area contributed by atoms with Crippen molar-refractivity contribution in [3.05, 3.63) is 41.5 Å². The number of ether oxygens (including phenoxy) is 1. The molecule has 0 spiro atoms. The summed E-state index contributed by atoms with van der Waals surface area (Å²) in [4.78, 5) is 4.38. The summed E-state index contributed by atoms with van der Waals surface area (Å²) in [5.41, 5.74) is 0.344. The lowest BCUT2D eigenvalue weighted by atomic mass is 10.2. The molecular weight excluding hydrogens is 373 g/mol. The molecule has 1 aromatic heterocycles. The molecule has 152 valence electrons. The molecule has 1 aliphatic heterocycles. The predicted octanol–water partition coefficient (Wildman–Crippen LogP) is 2.77. The number of hydrogen-bond acceptors (Lipinski definition) is 4. The second kappa shape index (κ2) is 8.94. The highest BCUT2D eigenvalue weighted by Gasteiger charge is 2.31. The summed E-state index contributed by atoms with van der Waals surface area (Å²) in [6.45, 7) is 3.90. The van der Waals surface area contributed by atoms with Gasteiger partial charge in [-0.1, -0.05) is 18.2 Å². The number of alkyl halides is 3. The summed E-state index contributed by atoms with van der Waals surface area (Å²) >= 11 is 0. The third-order valence-corrected chi connectivity index (χ3v) is 4.30. The van der Waals surface area contributed by atoms with E-state index in [-0.39, 0.29) is 12.3 Å². The van der Waals surface area contributed by atoms with Crippen LogP contribution in [0.15, 0.2) is 29.3 Å². The number of nitrogens with zero attached hydrogens (tertiary/aromatic N) is 4. The van der Waals surface area contributed by atoms with Gasteiger partial charge in [0.05, 0.1) is 13.1 Å². The normalized spacial score (nSPS) is 14.5. The van der Waals surface area contributed by atoms with E-state index in [4.69, 9.17) is 0 Å². The van der Waals surface area contributed by atoms with Crippen molar-refractivity contribution in [2.75, 3.05) is 6.54 Å². The fraction of sp³-hybridized carbons (Fsp3) is 0.500. The van der Waals surface area contributed by atoms with Crippen molar-refractivity contribution >= 4 is 5.96 Å². The van der Waals surface area contributed by atoms with Crippen LogP contribution in [0.4, 0.5) is 13.2 Å². The Morgan fingerprint density at radius 3 is 2.82 bits per heavy atom. The van der Waals surface area contributed by atoms with E-state index in [1.54, 1.807) is 12.1 Å². The van der Waals surface area contributed by atoms with Crippen molar-refractivity contribution in [2.45, 2.75) is 52.2 Å². The van der Waals surface area contributed by atoms with E-state index in [0.29, 0.717) is 24.6 Å². The monoisotopic (exact) mass is 396 g/mol. The van der Waals surface area contributed by atoms with Gasteiger partial charge in [0, 0.05) is 25.1 Å². The maximum atomic E-state index is 12.6. The molecule has 0 aliphatic carbocycles. The molecule has 0 radical (unpaired) electrons. The van der Waals surface area contributed by atoms with Crippen LogP contribution in [0.3, 0.4) is 0 Å². The SMILES string of the molecule is CCNC(=NCc1ccccc1OC(F)(F)F)NCc1nnc2n1CCCC2. The predicted molar refractivity (Wildman–Crippen MR) is 97.7 cm³/mol. The fourth-order valence-electron chi connectivity index (χ4n) is 3.03. The van der Waals surface area contributed by atoms with Crippen molar-refractivity contribution in [3.63, 3.8) is 0 Å². The molecule has 2 aromatic rings. The summed E-state index contributed by atoms with van der Waals surface area (Å²) in [6, 6.07) is 5.98. The first kappa shape index (κ1) is 20.0. The van der Waals surface area contributed by atoms with Crippen molar-refractivity contribution in [1.29, 1.82) is 0 Å². The van der Waals surface area contributed by atoms with Crippen LogP contribution >= 0.6 is 0 Å². The van der Waals surface area contributed by atoms with E-state index >= 15 is 0 Å². The zero-order chi connectivity index (χ0) is 20.0. The molecule has 7 nitrogen and oxygen atoms in total. The van der Waals surface area contributed by atoms with Crippen LogP contribution in [0.25, 0.3) is 0 Å². The molecule has 0 bridgehead atoms. The highest BCUT2D eigenvalue weighted by atomic mass is 19.4. The van der Waals surface area contributed by atoms with Gasteiger partial charge in [-0.15, -0.1) is 23.4 Å². The van der Waals surface area contributed by atoms with Gasteiger partial charge in [0.25, 0.3) is 0 Å². The van der Waals surface area contributed by atoms with Gasteiger partial charge in [-0.2, -0.15) is 0 Å². The Morgan fingerprint density at radius 1 is 1.21 bits per heavy atom. The van der Waals surface area contributed by atoms with Gasteiger partial charge in [-0.05, 0) is 25.8 Å². The molecule has 0 amide bonds. The number of aromatic nitrogens is 3. The largest absolute Gasteiger partial charge is 0.573 e. The van der Waals surface area contributed by atoms with Crippen LogP contribution in [-0.2, 0) is 26.1 Å². The third-order valence-electron chi connectivity index (χ3n) is 4.30. The third kappa shape index (κ3) is 5.37. The van der Waals surface area contributed by atoms with Crippen LogP contribution in [-0.4, -0.2) is 33.6 Å². The molecule has 0 saturated carbocycles. The number of para-hydroxylation sites is 1. The van der Waals surface area contributed by atoms with E-state index < -0.39 is 6.36 Å². The lowest BCUT2D eigenvalue weighted by molar-refractivity contribution is -0.274. The Kier molecular flexibility index (Phi) is 6.37. The Hall–Kier alpha value is -2.78. The molecule has 0 fully saturated rings. The molecule has 1 aliphatic rings. The minimum atomic E-state index is -4.74. The Morgan fingerprint density at radius 2 is 2.04 bits per heavy atom. The highest BCUT2D eigenvalue weighted by molar-refractivity contribution is 5.79. The van der Waals surface area contributed by atoms with Crippen LogP contribution in [0.2, 0.25) is 0 Å². The number of nitrogens with one attached hydrogen (secondary N) is 2. The average Bonchev–Trinajstić information content (AvgIpc) is 3.07. The average molecular weight is 396 g/mol. The molecule has 1 aromatic carbocycles. The zero-order valence-electron chi connectivity index (χ0n) is 15.6. The number of benzene rings is 1. The number of rotatable bonds is 6. The van der Waals surface area contributed by atoms with E-state index in [0.717, 1.165) is 37.5 Å². The topological polar surface area (TPSA) is 76.4 Å². The lowest BCUT2D eigenvalue weighted by Gasteiger charge is -2.16. The number of fused-ring (bicyclic) bond motifs is 1. The zero-order valence-corrected chi connectivity index (χ0v) is 15.6. The van der Waals surface area contributed by atoms with Crippen LogP contribution in [0, 0.1) is 0 Å². The highest BCUT2D eigenvalue weighted by Crippen LogP contribution is 2.26. The van der Waals surface area contributed by atoms with Gasteiger partial charge in [-0.25, -0.2) is 4.99 Å². The minimum Gasteiger partial charge on any atom is -0.405 e. The molecule has 28 heavy (non-hydrogen) atoms.